The maximum atomic E-state index is 12.7. The molecule has 0 unspecified atom stereocenters. The van der Waals surface area contributed by atoms with Crippen molar-refractivity contribution in [3.63, 3.8) is 0 Å². The van der Waals surface area contributed by atoms with Gasteiger partial charge in [-0.2, -0.15) is 5.26 Å². The molecule has 0 aliphatic heterocycles. The molecule has 3 rings (SSSR count). The van der Waals surface area contributed by atoms with Crippen molar-refractivity contribution < 1.29 is 13.2 Å². The third-order valence-electron chi connectivity index (χ3n) is 4.29. The molecule has 0 spiro atoms. The normalized spacial score (nSPS) is 10.9. The maximum absolute atomic E-state index is 12.7. The van der Waals surface area contributed by atoms with Crippen LogP contribution >= 0.6 is 11.6 Å². The highest BCUT2D eigenvalue weighted by Crippen LogP contribution is 2.23. The minimum absolute atomic E-state index is 0.0213. The van der Waals surface area contributed by atoms with Gasteiger partial charge < -0.3 is 5.32 Å². The van der Waals surface area contributed by atoms with E-state index in [0.717, 1.165) is 11.1 Å². The van der Waals surface area contributed by atoms with E-state index in [0.29, 0.717) is 5.69 Å². The molecule has 30 heavy (non-hydrogen) atoms. The van der Waals surface area contributed by atoms with Crippen LogP contribution in [0.1, 0.15) is 21.5 Å². The van der Waals surface area contributed by atoms with Crippen LogP contribution in [-0.2, 0) is 23.0 Å². The van der Waals surface area contributed by atoms with Gasteiger partial charge in [0.2, 0.25) is 10.0 Å². The Morgan fingerprint density at radius 1 is 0.967 bits per heavy atom. The van der Waals surface area contributed by atoms with E-state index in [-0.39, 0.29) is 28.4 Å². The first-order valence-electron chi connectivity index (χ1n) is 8.99. The van der Waals surface area contributed by atoms with Crippen LogP contribution in [0.15, 0.2) is 77.7 Å². The summed E-state index contributed by atoms with van der Waals surface area (Å²) in [5, 5.41) is 11.4. The van der Waals surface area contributed by atoms with Crippen molar-refractivity contribution in [1.29, 1.82) is 5.26 Å². The predicted molar refractivity (Wildman–Crippen MR) is 116 cm³/mol. The van der Waals surface area contributed by atoms with Gasteiger partial charge in [0.25, 0.3) is 5.91 Å². The lowest BCUT2D eigenvalue weighted by atomic mass is 10.1. The zero-order chi connectivity index (χ0) is 21.6. The lowest BCUT2D eigenvalue weighted by molar-refractivity contribution is 0.102. The molecule has 0 aromatic heterocycles. The topological polar surface area (TPSA) is 99.1 Å². The Morgan fingerprint density at radius 2 is 1.67 bits per heavy atom. The second kappa shape index (κ2) is 9.55. The summed E-state index contributed by atoms with van der Waals surface area (Å²) in [7, 11) is -3.92. The number of rotatable bonds is 7. The number of nitrogens with zero attached hydrogens (tertiary/aromatic N) is 1. The Bertz CT molecular complexity index is 1190. The Balaban J connectivity index is 1.76. The van der Waals surface area contributed by atoms with Crippen LogP contribution in [0.25, 0.3) is 0 Å². The highest BCUT2D eigenvalue weighted by Gasteiger charge is 2.20. The molecule has 152 valence electrons. The van der Waals surface area contributed by atoms with E-state index in [4.69, 9.17) is 16.9 Å². The first kappa shape index (κ1) is 21.5. The molecule has 1 amide bonds. The molecule has 0 radical (unpaired) electrons. The smallest absolute Gasteiger partial charge is 0.255 e. The number of amides is 1. The lowest BCUT2D eigenvalue weighted by Gasteiger charge is -2.11. The summed E-state index contributed by atoms with van der Waals surface area (Å²) in [6, 6.07) is 22.0. The van der Waals surface area contributed by atoms with Gasteiger partial charge in [0.1, 0.15) is 4.90 Å². The highest BCUT2D eigenvalue weighted by atomic mass is 35.5. The zero-order valence-electron chi connectivity index (χ0n) is 15.8. The number of halogens is 1. The number of hydrogen-bond donors (Lipinski definition) is 2. The fraction of sp³-hybridized carbons (Fsp3) is 0.0909. The molecule has 0 heterocycles. The van der Waals surface area contributed by atoms with E-state index in [1.807, 2.05) is 18.2 Å². The highest BCUT2D eigenvalue weighted by molar-refractivity contribution is 7.89. The molecule has 0 bridgehead atoms. The van der Waals surface area contributed by atoms with Gasteiger partial charge in [0.15, 0.2) is 0 Å². The second-order valence-electron chi connectivity index (χ2n) is 6.44. The van der Waals surface area contributed by atoms with E-state index in [9.17, 15) is 13.2 Å². The van der Waals surface area contributed by atoms with Gasteiger partial charge >= 0.3 is 0 Å². The van der Waals surface area contributed by atoms with Crippen LogP contribution in [0.5, 0.6) is 0 Å². The van der Waals surface area contributed by atoms with Gasteiger partial charge in [-0.05, 0) is 41.5 Å². The number of nitrogens with one attached hydrogen (secondary N) is 2. The predicted octanol–water partition coefficient (Wildman–Crippen LogP) is 4.14. The number of hydrogen-bond acceptors (Lipinski definition) is 4. The van der Waals surface area contributed by atoms with Crippen molar-refractivity contribution in [3.05, 3.63) is 94.5 Å². The first-order valence-corrected chi connectivity index (χ1v) is 10.9. The third-order valence-corrected chi connectivity index (χ3v) is 6.17. The van der Waals surface area contributed by atoms with Crippen LogP contribution in [0.4, 0.5) is 5.69 Å². The summed E-state index contributed by atoms with van der Waals surface area (Å²) in [5.74, 6) is -0.473. The van der Waals surface area contributed by atoms with Crippen LogP contribution in [0, 0.1) is 11.3 Å². The van der Waals surface area contributed by atoms with E-state index in [1.165, 1.54) is 18.2 Å². The number of carbonyl (C=O) groups is 1. The molecule has 0 aliphatic rings. The summed E-state index contributed by atoms with van der Waals surface area (Å²) >= 11 is 6.10. The Labute approximate surface area is 180 Å². The molecule has 6 nitrogen and oxygen atoms in total. The van der Waals surface area contributed by atoms with Gasteiger partial charge in [0, 0.05) is 17.8 Å². The standard InChI is InChI=1S/C22H18ClN3O3S/c23-20-11-8-18(22(27)26-19-9-6-16(7-10-19)12-13-24)14-21(20)30(28,29)25-15-17-4-2-1-3-5-17/h1-11,14,25H,12,15H2,(H,26,27). The average molecular weight is 440 g/mol. The van der Waals surface area contributed by atoms with Crippen LogP contribution in [0.2, 0.25) is 5.02 Å². The first-order chi connectivity index (χ1) is 14.4. The van der Waals surface area contributed by atoms with E-state index in [1.54, 1.807) is 36.4 Å². The lowest BCUT2D eigenvalue weighted by Crippen LogP contribution is -2.24. The summed E-state index contributed by atoms with van der Waals surface area (Å²) in [4.78, 5) is 12.4. The number of anilines is 1. The van der Waals surface area contributed by atoms with Crippen molar-refractivity contribution in [2.24, 2.45) is 0 Å². The number of nitriles is 1. The van der Waals surface area contributed by atoms with Gasteiger partial charge in [-0.1, -0.05) is 54.1 Å². The molecule has 0 atom stereocenters. The molecular formula is C22H18ClN3O3S. The molecule has 8 heteroatoms. The van der Waals surface area contributed by atoms with E-state index in [2.05, 4.69) is 16.1 Å². The van der Waals surface area contributed by atoms with Crippen molar-refractivity contribution in [3.8, 4) is 6.07 Å². The fourth-order valence-electron chi connectivity index (χ4n) is 2.70. The van der Waals surface area contributed by atoms with E-state index >= 15 is 0 Å². The Morgan fingerprint density at radius 3 is 2.33 bits per heavy atom. The zero-order valence-corrected chi connectivity index (χ0v) is 17.4. The minimum atomic E-state index is -3.92. The quantitative estimate of drug-likeness (QED) is 0.578. The third kappa shape index (κ3) is 5.45. The van der Waals surface area contributed by atoms with Crippen molar-refractivity contribution >= 4 is 33.2 Å². The van der Waals surface area contributed by atoms with Crippen molar-refractivity contribution in [1.82, 2.24) is 4.72 Å². The Kier molecular flexibility index (Phi) is 6.85. The molecule has 0 aliphatic carbocycles. The van der Waals surface area contributed by atoms with E-state index < -0.39 is 15.9 Å². The molecule has 0 fully saturated rings. The molecule has 3 aromatic rings. The van der Waals surface area contributed by atoms with Gasteiger partial charge in [-0.3, -0.25) is 4.79 Å². The summed E-state index contributed by atoms with van der Waals surface area (Å²) in [6.45, 7) is 0.102. The van der Waals surface area contributed by atoms with Gasteiger partial charge in [-0.25, -0.2) is 13.1 Å². The monoisotopic (exact) mass is 439 g/mol. The molecule has 2 N–H and O–H groups in total. The minimum Gasteiger partial charge on any atom is -0.322 e. The van der Waals surface area contributed by atoms with Crippen LogP contribution < -0.4 is 10.0 Å². The fourth-order valence-corrected chi connectivity index (χ4v) is 4.24. The maximum Gasteiger partial charge on any atom is 0.255 e. The van der Waals surface area contributed by atoms with Crippen LogP contribution in [0.3, 0.4) is 0 Å². The Hall–Kier alpha value is -3.18. The molecular weight excluding hydrogens is 422 g/mol. The summed E-state index contributed by atoms with van der Waals surface area (Å²) in [5.41, 5.74) is 2.31. The van der Waals surface area contributed by atoms with Crippen molar-refractivity contribution in [2.75, 3.05) is 5.32 Å². The number of sulfonamides is 1. The molecule has 0 saturated heterocycles. The van der Waals surface area contributed by atoms with Gasteiger partial charge in [-0.15, -0.1) is 0 Å². The summed E-state index contributed by atoms with van der Waals surface area (Å²) < 4.78 is 27.9. The summed E-state index contributed by atoms with van der Waals surface area (Å²) in [6.07, 6.45) is 0.280. The number of benzene rings is 3. The number of carbonyl (C=O) groups excluding carboxylic acids is 1. The van der Waals surface area contributed by atoms with Crippen LogP contribution in [-0.4, -0.2) is 14.3 Å². The SMILES string of the molecule is N#CCc1ccc(NC(=O)c2ccc(Cl)c(S(=O)(=O)NCc3ccccc3)c2)cc1. The van der Waals surface area contributed by atoms with Gasteiger partial charge in [0.05, 0.1) is 17.5 Å². The largest absolute Gasteiger partial charge is 0.322 e. The average Bonchev–Trinajstić information content (AvgIpc) is 2.75. The molecule has 0 saturated carbocycles. The second-order valence-corrected chi connectivity index (χ2v) is 8.58. The van der Waals surface area contributed by atoms with Crippen molar-refractivity contribution in [2.45, 2.75) is 17.9 Å². The molecule has 3 aromatic carbocycles.